The monoisotopic (exact) mass is 326 g/mol. The summed E-state index contributed by atoms with van der Waals surface area (Å²) in [4.78, 5) is 12.7. The van der Waals surface area contributed by atoms with E-state index in [2.05, 4.69) is 58.0 Å². The lowest BCUT2D eigenvalue weighted by Gasteiger charge is -2.26. The van der Waals surface area contributed by atoms with Crippen LogP contribution in [0.2, 0.25) is 0 Å². The van der Waals surface area contributed by atoms with Gasteiger partial charge in [-0.2, -0.15) is 0 Å². The lowest BCUT2D eigenvalue weighted by Crippen LogP contribution is -2.29. The molecule has 128 valence electrons. The third kappa shape index (κ3) is 2.72. The van der Waals surface area contributed by atoms with E-state index in [4.69, 9.17) is 4.74 Å². The number of hydrogen-bond acceptors (Lipinski definition) is 4. The predicted octanol–water partition coefficient (Wildman–Crippen LogP) is 2.46. The molecule has 2 saturated heterocycles. The van der Waals surface area contributed by atoms with Gasteiger partial charge >= 0.3 is 0 Å². The van der Waals surface area contributed by atoms with Crippen molar-refractivity contribution in [3.8, 4) is 5.75 Å². The molecule has 0 saturated carbocycles. The molecule has 2 fully saturated rings. The number of aromatic nitrogens is 2. The van der Waals surface area contributed by atoms with Crippen molar-refractivity contribution in [2.45, 2.75) is 19.5 Å². The van der Waals surface area contributed by atoms with Crippen LogP contribution in [-0.2, 0) is 6.54 Å². The summed E-state index contributed by atoms with van der Waals surface area (Å²) >= 11 is 0. The van der Waals surface area contributed by atoms with E-state index >= 15 is 0 Å². The summed E-state index contributed by atoms with van der Waals surface area (Å²) in [6, 6.07) is 9.12. The zero-order chi connectivity index (χ0) is 16.7. The molecule has 5 nitrogen and oxygen atoms in total. The Morgan fingerprint density at radius 2 is 2.00 bits per heavy atom. The molecule has 1 aromatic heterocycles. The van der Waals surface area contributed by atoms with Gasteiger partial charge in [0.1, 0.15) is 5.75 Å². The van der Waals surface area contributed by atoms with Gasteiger partial charge in [0.05, 0.1) is 19.1 Å². The number of ether oxygens (including phenoxy) is 1. The number of rotatable bonds is 4. The summed E-state index contributed by atoms with van der Waals surface area (Å²) in [6.07, 6.45) is 1.80. The van der Waals surface area contributed by atoms with E-state index in [1.807, 2.05) is 0 Å². The Bertz CT molecular complexity index is 696. The average molecular weight is 326 g/mol. The molecule has 2 aliphatic rings. The first-order valence-electron chi connectivity index (χ1n) is 8.71. The van der Waals surface area contributed by atoms with Gasteiger partial charge in [0.25, 0.3) is 0 Å². The van der Waals surface area contributed by atoms with Gasteiger partial charge in [0.2, 0.25) is 0 Å². The second-order valence-corrected chi connectivity index (χ2v) is 7.25. The van der Waals surface area contributed by atoms with Crippen molar-refractivity contribution in [3.05, 3.63) is 47.5 Å². The van der Waals surface area contributed by atoms with Crippen LogP contribution >= 0.6 is 0 Å². The maximum atomic E-state index is 5.30. The number of likely N-dealkylation sites (tertiary alicyclic amines) is 2. The first-order valence-corrected chi connectivity index (χ1v) is 8.71. The molecule has 2 aliphatic heterocycles. The highest BCUT2D eigenvalue weighted by Gasteiger charge is 2.46. The highest BCUT2D eigenvalue weighted by atomic mass is 16.5. The molecule has 0 radical (unpaired) electrons. The van der Waals surface area contributed by atoms with E-state index in [1.54, 1.807) is 13.4 Å². The van der Waals surface area contributed by atoms with E-state index in [9.17, 15) is 0 Å². The van der Waals surface area contributed by atoms with E-state index in [-0.39, 0.29) is 0 Å². The molecule has 4 rings (SSSR count). The third-order valence-electron chi connectivity index (χ3n) is 5.74. The molecule has 3 heterocycles. The summed E-state index contributed by atoms with van der Waals surface area (Å²) in [5, 5.41) is 0. The first-order chi connectivity index (χ1) is 11.7. The number of imidazole rings is 1. The van der Waals surface area contributed by atoms with E-state index in [0.29, 0.717) is 12.0 Å². The van der Waals surface area contributed by atoms with Crippen molar-refractivity contribution in [3.63, 3.8) is 0 Å². The van der Waals surface area contributed by atoms with Crippen molar-refractivity contribution < 1.29 is 4.74 Å². The molecule has 1 N–H and O–H groups in total. The molecule has 0 amide bonds. The second-order valence-electron chi connectivity index (χ2n) is 7.25. The number of H-pyrrole nitrogens is 1. The minimum absolute atomic E-state index is 0.506. The molecule has 24 heavy (non-hydrogen) atoms. The molecule has 1 aromatic carbocycles. The van der Waals surface area contributed by atoms with Crippen LogP contribution in [-0.4, -0.2) is 53.6 Å². The largest absolute Gasteiger partial charge is 0.497 e. The average Bonchev–Trinajstić information content (AvgIpc) is 3.23. The molecule has 0 aliphatic carbocycles. The highest BCUT2D eigenvalue weighted by molar-refractivity contribution is 5.30. The summed E-state index contributed by atoms with van der Waals surface area (Å²) in [5.74, 6) is 2.38. The van der Waals surface area contributed by atoms with E-state index in [0.717, 1.165) is 24.8 Å². The van der Waals surface area contributed by atoms with Gasteiger partial charge < -0.3 is 9.72 Å². The molecule has 0 unspecified atom stereocenters. The third-order valence-corrected chi connectivity index (χ3v) is 5.74. The summed E-state index contributed by atoms with van der Waals surface area (Å²) in [5.41, 5.74) is 3.78. The number of nitrogens with one attached hydrogen (secondary N) is 1. The van der Waals surface area contributed by atoms with Crippen molar-refractivity contribution in [2.75, 3.05) is 33.8 Å². The fourth-order valence-corrected chi connectivity index (χ4v) is 4.54. The lowest BCUT2D eigenvalue weighted by molar-refractivity contribution is 0.223. The van der Waals surface area contributed by atoms with Crippen LogP contribution in [0.25, 0.3) is 0 Å². The fourth-order valence-electron chi connectivity index (χ4n) is 4.54. The normalized spacial score (nSPS) is 27.5. The zero-order valence-electron chi connectivity index (χ0n) is 14.7. The van der Waals surface area contributed by atoms with Crippen LogP contribution in [0.4, 0.5) is 0 Å². The molecule has 0 spiro atoms. The van der Waals surface area contributed by atoms with Gasteiger partial charge in [-0.15, -0.1) is 0 Å². The van der Waals surface area contributed by atoms with Gasteiger partial charge in [-0.05, 0) is 43.5 Å². The van der Waals surface area contributed by atoms with Crippen molar-refractivity contribution >= 4 is 0 Å². The van der Waals surface area contributed by atoms with Crippen molar-refractivity contribution in [1.82, 2.24) is 19.8 Å². The molecular weight excluding hydrogens is 300 g/mol. The molecule has 3 atom stereocenters. The summed E-state index contributed by atoms with van der Waals surface area (Å²) in [7, 11) is 3.98. The lowest BCUT2D eigenvalue weighted by atomic mass is 9.89. The minimum Gasteiger partial charge on any atom is -0.497 e. The Hall–Kier alpha value is -1.85. The smallest absolute Gasteiger partial charge is 0.118 e. The maximum absolute atomic E-state index is 5.30. The minimum atomic E-state index is 0.506. The summed E-state index contributed by atoms with van der Waals surface area (Å²) in [6.45, 7) is 6.57. The van der Waals surface area contributed by atoms with Gasteiger partial charge in [-0.1, -0.05) is 12.1 Å². The number of nitrogens with zero attached hydrogens (tertiary/aromatic N) is 3. The Morgan fingerprint density at radius 1 is 1.21 bits per heavy atom. The van der Waals surface area contributed by atoms with Gasteiger partial charge in [-0.25, -0.2) is 4.98 Å². The van der Waals surface area contributed by atoms with Crippen LogP contribution in [0.1, 0.15) is 23.0 Å². The Labute approximate surface area is 143 Å². The summed E-state index contributed by atoms with van der Waals surface area (Å²) < 4.78 is 5.30. The van der Waals surface area contributed by atoms with Gasteiger partial charge in [0, 0.05) is 37.9 Å². The number of benzene rings is 1. The van der Waals surface area contributed by atoms with Gasteiger partial charge in [0.15, 0.2) is 0 Å². The number of aryl methyl sites for hydroxylation is 1. The van der Waals surface area contributed by atoms with Crippen LogP contribution in [0.15, 0.2) is 30.6 Å². The van der Waals surface area contributed by atoms with Gasteiger partial charge in [-0.3, -0.25) is 9.80 Å². The number of methoxy groups -OCH3 is 1. The fraction of sp³-hybridized carbons (Fsp3) is 0.526. The zero-order valence-corrected chi connectivity index (χ0v) is 14.7. The number of aromatic amines is 1. The number of fused-ring (bicyclic) bond motifs is 1. The molecule has 2 aromatic rings. The van der Waals surface area contributed by atoms with Crippen LogP contribution < -0.4 is 4.74 Å². The second kappa shape index (κ2) is 6.22. The molecular formula is C19H26N4O. The van der Waals surface area contributed by atoms with Crippen LogP contribution in [0.5, 0.6) is 5.75 Å². The maximum Gasteiger partial charge on any atom is 0.118 e. The quantitative estimate of drug-likeness (QED) is 0.937. The molecule has 5 heteroatoms. The molecule has 0 bridgehead atoms. The Kier molecular flexibility index (Phi) is 4.06. The SMILES string of the molecule is COc1ccc([C@H]2[C@@H]3CN(Cc4nc[nH]c4C)C[C@@H]3CN2C)cc1. The van der Waals surface area contributed by atoms with Crippen LogP contribution in [0.3, 0.4) is 0 Å². The standard InChI is InChI=1S/C19H26N4O/c1-13-18(21-12-20-13)11-23-9-15-8-22(2)19(17(15)10-23)14-4-6-16(24-3)7-5-14/h4-7,12,15,17,19H,8-11H2,1-3H3,(H,20,21)/t15-,17+,19-/m0/s1. The predicted molar refractivity (Wildman–Crippen MR) is 93.9 cm³/mol. The van der Waals surface area contributed by atoms with E-state index < -0.39 is 0 Å². The first kappa shape index (κ1) is 15.7. The Morgan fingerprint density at radius 3 is 2.67 bits per heavy atom. The van der Waals surface area contributed by atoms with Crippen LogP contribution in [0, 0.1) is 18.8 Å². The van der Waals surface area contributed by atoms with E-state index in [1.165, 1.54) is 30.0 Å². The number of hydrogen-bond donors (Lipinski definition) is 1. The highest BCUT2D eigenvalue weighted by Crippen LogP contribution is 2.44. The van der Waals surface area contributed by atoms with Crippen molar-refractivity contribution in [2.24, 2.45) is 11.8 Å². The van der Waals surface area contributed by atoms with Crippen molar-refractivity contribution in [1.29, 1.82) is 0 Å². The Balaban J connectivity index is 1.49. The topological polar surface area (TPSA) is 44.4 Å².